The first kappa shape index (κ1) is 27.1. The van der Waals surface area contributed by atoms with Gasteiger partial charge in [-0.15, -0.1) is 0 Å². The molecule has 0 bridgehead atoms. The number of anilines is 1. The van der Waals surface area contributed by atoms with Crippen LogP contribution in [-0.4, -0.2) is 49.5 Å². The van der Waals surface area contributed by atoms with Crippen LogP contribution in [0.1, 0.15) is 33.3 Å². The highest BCUT2D eigenvalue weighted by atomic mass is 79.9. The monoisotopic (exact) mass is 557 g/mol. The van der Waals surface area contributed by atoms with Crippen molar-refractivity contribution in [2.75, 3.05) is 17.1 Å². The Kier molecular flexibility index (Phi) is 8.95. The SMILES string of the molecule is C[C@H](C(=O)NC(C)(C)C)N(Cc1cccc(Br)c1)C(=O)CN(c1cccc(Cl)c1)S(C)(=O)=O. The first-order valence-corrected chi connectivity index (χ1v) is 13.3. The number of benzene rings is 2. The number of sulfonamides is 1. The molecule has 10 heteroatoms. The average molecular weight is 559 g/mol. The zero-order chi connectivity index (χ0) is 25.0. The second kappa shape index (κ2) is 10.9. The van der Waals surface area contributed by atoms with Crippen molar-refractivity contribution in [3.8, 4) is 0 Å². The molecule has 7 nitrogen and oxygen atoms in total. The molecule has 0 aliphatic carbocycles. The van der Waals surface area contributed by atoms with Crippen molar-refractivity contribution < 1.29 is 18.0 Å². The van der Waals surface area contributed by atoms with Gasteiger partial charge in [0.25, 0.3) is 0 Å². The third-order valence-corrected chi connectivity index (χ3v) is 6.55. The van der Waals surface area contributed by atoms with E-state index in [0.29, 0.717) is 5.02 Å². The Balaban J connectivity index is 2.41. The van der Waals surface area contributed by atoms with Gasteiger partial charge in [-0.1, -0.05) is 45.7 Å². The molecule has 0 heterocycles. The summed E-state index contributed by atoms with van der Waals surface area (Å²) in [6, 6.07) is 12.8. The maximum atomic E-state index is 13.5. The van der Waals surface area contributed by atoms with Gasteiger partial charge in [-0.25, -0.2) is 8.42 Å². The van der Waals surface area contributed by atoms with Crippen LogP contribution in [-0.2, 0) is 26.2 Å². The molecule has 33 heavy (non-hydrogen) atoms. The second-order valence-corrected chi connectivity index (χ2v) is 12.1. The lowest BCUT2D eigenvalue weighted by atomic mass is 10.1. The minimum Gasteiger partial charge on any atom is -0.350 e. The molecule has 2 amide bonds. The Morgan fingerprint density at radius 1 is 1.12 bits per heavy atom. The number of nitrogens with one attached hydrogen (secondary N) is 1. The largest absolute Gasteiger partial charge is 0.350 e. The molecule has 0 aromatic heterocycles. The fourth-order valence-corrected chi connectivity index (χ4v) is 4.61. The molecule has 0 spiro atoms. The van der Waals surface area contributed by atoms with E-state index in [0.717, 1.165) is 20.6 Å². The van der Waals surface area contributed by atoms with Gasteiger partial charge in [0.1, 0.15) is 12.6 Å². The number of halogens is 2. The van der Waals surface area contributed by atoms with E-state index in [4.69, 9.17) is 11.6 Å². The molecule has 0 unspecified atom stereocenters. The summed E-state index contributed by atoms with van der Waals surface area (Å²) in [6.45, 7) is 6.83. The number of carbonyl (C=O) groups excluding carboxylic acids is 2. The van der Waals surface area contributed by atoms with E-state index < -0.39 is 34.1 Å². The third kappa shape index (κ3) is 8.32. The van der Waals surface area contributed by atoms with E-state index in [1.165, 1.54) is 11.0 Å². The Hall–Kier alpha value is -2.10. The van der Waals surface area contributed by atoms with Gasteiger partial charge >= 0.3 is 0 Å². The number of carbonyl (C=O) groups is 2. The summed E-state index contributed by atoms with van der Waals surface area (Å²) in [5.74, 6) is -0.851. The van der Waals surface area contributed by atoms with E-state index in [9.17, 15) is 18.0 Å². The zero-order valence-corrected chi connectivity index (χ0v) is 22.5. The van der Waals surface area contributed by atoms with Gasteiger partial charge in [-0.3, -0.25) is 13.9 Å². The van der Waals surface area contributed by atoms with Gasteiger partial charge in [-0.05, 0) is 63.6 Å². The van der Waals surface area contributed by atoms with Crippen LogP contribution in [0.5, 0.6) is 0 Å². The van der Waals surface area contributed by atoms with Crippen LogP contribution in [0.4, 0.5) is 5.69 Å². The smallest absolute Gasteiger partial charge is 0.244 e. The molecule has 0 radical (unpaired) electrons. The summed E-state index contributed by atoms with van der Waals surface area (Å²) in [4.78, 5) is 27.7. The summed E-state index contributed by atoms with van der Waals surface area (Å²) in [5, 5.41) is 3.23. The van der Waals surface area contributed by atoms with E-state index in [1.807, 2.05) is 45.0 Å². The van der Waals surface area contributed by atoms with Crippen LogP contribution < -0.4 is 9.62 Å². The predicted octanol–water partition coefficient (Wildman–Crippen LogP) is 4.20. The van der Waals surface area contributed by atoms with Gasteiger partial charge < -0.3 is 10.2 Å². The van der Waals surface area contributed by atoms with Gasteiger partial charge in [0.2, 0.25) is 21.8 Å². The van der Waals surface area contributed by atoms with Crippen LogP contribution in [0, 0.1) is 0 Å². The van der Waals surface area contributed by atoms with Gasteiger partial charge in [0.15, 0.2) is 0 Å². The van der Waals surface area contributed by atoms with Crippen molar-refractivity contribution in [3.63, 3.8) is 0 Å². The fourth-order valence-electron chi connectivity index (χ4n) is 3.13. The van der Waals surface area contributed by atoms with Crippen LogP contribution in [0.3, 0.4) is 0 Å². The molecule has 180 valence electrons. The summed E-state index contributed by atoms with van der Waals surface area (Å²) >= 11 is 9.46. The highest BCUT2D eigenvalue weighted by Gasteiger charge is 2.31. The van der Waals surface area contributed by atoms with Gasteiger partial charge in [0, 0.05) is 21.6 Å². The third-order valence-electron chi connectivity index (χ3n) is 4.68. The summed E-state index contributed by atoms with van der Waals surface area (Å²) in [6.07, 6.45) is 1.02. The van der Waals surface area contributed by atoms with E-state index >= 15 is 0 Å². The van der Waals surface area contributed by atoms with E-state index in [1.54, 1.807) is 25.1 Å². The molecule has 1 atom stereocenters. The lowest BCUT2D eigenvalue weighted by molar-refractivity contribution is -0.140. The van der Waals surface area contributed by atoms with Crippen molar-refractivity contribution >= 4 is 55.1 Å². The minimum atomic E-state index is -3.80. The number of hydrogen-bond donors (Lipinski definition) is 1. The Bertz CT molecular complexity index is 1120. The average Bonchev–Trinajstić information content (AvgIpc) is 2.67. The van der Waals surface area contributed by atoms with Crippen LogP contribution >= 0.6 is 27.5 Å². The Labute approximate surface area is 209 Å². The standard InChI is InChI=1S/C23H29BrClN3O4S/c1-16(22(30)26-23(2,3)4)27(14-17-8-6-9-18(24)12-17)21(29)15-28(33(5,31)32)20-11-7-10-19(25)13-20/h6-13,16H,14-15H2,1-5H3,(H,26,30)/t16-/m1/s1. The summed E-state index contributed by atoms with van der Waals surface area (Å²) in [5.41, 5.74) is 0.574. The fraction of sp³-hybridized carbons (Fsp3) is 0.391. The predicted molar refractivity (Wildman–Crippen MR) is 136 cm³/mol. The molecular formula is C23H29BrClN3O4S. The molecule has 0 aliphatic rings. The number of amides is 2. The summed E-state index contributed by atoms with van der Waals surface area (Å²) < 4.78 is 26.9. The highest BCUT2D eigenvalue weighted by Crippen LogP contribution is 2.23. The Morgan fingerprint density at radius 2 is 1.76 bits per heavy atom. The normalized spacial score (nSPS) is 12.7. The second-order valence-electron chi connectivity index (χ2n) is 8.82. The molecule has 0 aliphatic heterocycles. The van der Waals surface area contributed by atoms with E-state index in [2.05, 4.69) is 21.2 Å². The van der Waals surface area contributed by atoms with Crippen molar-refractivity contribution in [1.29, 1.82) is 0 Å². The first-order valence-electron chi connectivity index (χ1n) is 10.3. The maximum Gasteiger partial charge on any atom is 0.244 e. The lowest BCUT2D eigenvalue weighted by Crippen LogP contribution is -2.54. The van der Waals surface area contributed by atoms with Crippen molar-refractivity contribution in [1.82, 2.24) is 10.2 Å². The molecule has 2 aromatic rings. The van der Waals surface area contributed by atoms with Gasteiger partial charge in [-0.2, -0.15) is 0 Å². The molecule has 0 saturated heterocycles. The van der Waals surface area contributed by atoms with Crippen LogP contribution in [0.15, 0.2) is 53.0 Å². The maximum absolute atomic E-state index is 13.5. The first-order chi connectivity index (χ1) is 15.2. The topological polar surface area (TPSA) is 86.8 Å². The minimum absolute atomic E-state index is 0.129. The summed E-state index contributed by atoms with van der Waals surface area (Å²) in [7, 11) is -3.80. The number of rotatable bonds is 8. The van der Waals surface area contributed by atoms with Gasteiger partial charge in [0.05, 0.1) is 11.9 Å². The van der Waals surface area contributed by atoms with Crippen LogP contribution in [0.2, 0.25) is 5.02 Å². The molecule has 2 aromatic carbocycles. The molecule has 0 fully saturated rings. The van der Waals surface area contributed by atoms with Crippen molar-refractivity contribution in [2.45, 2.75) is 45.8 Å². The van der Waals surface area contributed by atoms with Crippen molar-refractivity contribution in [3.05, 3.63) is 63.6 Å². The quantitative estimate of drug-likeness (QED) is 0.526. The molecule has 0 saturated carbocycles. The Morgan fingerprint density at radius 3 is 2.30 bits per heavy atom. The number of nitrogens with zero attached hydrogens (tertiary/aromatic N) is 2. The molecular weight excluding hydrogens is 530 g/mol. The highest BCUT2D eigenvalue weighted by molar-refractivity contribution is 9.10. The molecule has 2 rings (SSSR count). The van der Waals surface area contributed by atoms with Crippen LogP contribution in [0.25, 0.3) is 0 Å². The zero-order valence-electron chi connectivity index (χ0n) is 19.3. The lowest BCUT2D eigenvalue weighted by Gasteiger charge is -2.33. The molecule has 1 N–H and O–H groups in total. The number of hydrogen-bond acceptors (Lipinski definition) is 4. The van der Waals surface area contributed by atoms with E-state index in [-0.39, 0.29) is 18.1 Å². The van der Waals surface area contributed by atoms with Crippen molar-refractivity contribution in [2.24, 2.45) is 0 Å².